The zero-order valence-electron chi connectivity index (χ0n) is 13.5. The van der Waals surface area contributed by atoms with E-state index in [2.05, 4.69) is 10.6 Å². The van der Waals surface area contributed by atoms with Crippen molar-refractivity contribution in [1.29, 1.82) is 0 Å². The van der Waals surface area contributed by atoms with Gasteiger partial charge >= 0.3 is 0 Å². The van der Waals surface area contributed by atoms with Crippen LogP contribution in [0.2, 0.25) is 0 Å². The van der Waals surface area contributed by atoms with Gasteiger partial charge in [-0.2, -0.15) is 0 Å². The molecule has 25 heavy (non-hydrogen) atoms. The number of amides is 2. The number of carbonyl (C=O) groups is 2. The molecular weight excluding hydrogens is 342 g/mol. The molecule has 7 nitrogen and oxygen atoms in total. The predicted molar refractivity (Wildman–Crippen MR) is 96.6 cm³/mol. The second-order valence-electron chi connectivity index (χ2n) is 5.41. The SMILES string of the molecule is NCCCC(=O)Nc1cc2c(cc1NC(=O)c1cccs1)OCCO2. The average molecular weight is 361 g/mol. The molecule has 0 aliphatic carbocycles. The summed E-state index contributed by atoms with van der Waals surface area (Å²) in [6.45, 7) is 1.32. The molecule has 0 saturated heterocycles. The Hall–Kier alpha value is -2.58. The highest BCUT2D eigenvalue weighted by Gasteiger charge is 2.19. The van der Waals surface area contributed by atoms with Gasteiger partial charge in [0.15, 0.2) is 11.5 Å². The number of hydrogen-bond donors (Lipinski definition) is 3. The van der Waals surface area contributed by atoms with Gasteiger partial charge in [0.1, 0.15) is 13.2 Å². The van der Waals surface area contributed by atoms with E-state index in [1.807, 2.05) is 5.38 Å². The van der Waals surface area contributed by atoms with E-state index in [0.717, 1.165) is 0 Å². The number of ether oxygens (including phenoxy) is 2. The van der Waals surface area contributed by atoms with Crippen molar-refractivity contribution in [2.75, 3.05) is 30.4 Å². The Labute approximate surface area is 149 Å². The molecule has 1 aliphatic rings. The Balaban J connectivity index is 1.85. The van der Waals surface area contributed by atoms with Gasteiger partial charge in [-0.05, 0) is 24.4 Å². The number of carbonyl (C=O) groups excluding carboxylic acids is 2. The number of nitrogens with two attached hydrogens (primary N) is 1. The summed E-state index contributed by atoms with van der Waals surface area (Å²) < 4.78 is 11.1. The van der Waals surface area contributed by atoms with Gasteiger partial charge in [-0.25, -0.2) is 0 Å². The van der Waals surface area contributed by atoms with Crippen LogP contribution >= 0.6 is 11.3 Å². The monoisotopic (exact) mass is 361 g/mol. The summed E-state index contributed by atoms with van der Waals surface area (Å²) in [6, 6.07) is 6.87. The van der Waals surface area contributed by atoms with Crippen LogP contribution in [0.4, 0.5) is 11.4 Å². The van der Waals surface area contributed by atoms with E-state index in [4.69, 9.17) is 15.2 Å². The molecule has 0 spiro atoms. The van der Waals surface area contributed by atoms with Crippen LogP contribution in [0.5, 0.6) is 11.5 Å². The van der Waals surface area contributed by atoms with Gasteiger partial charge in [-0.3, -0.25) is 9.59 Å². The van der Waals surface area contributed by atoms with E-state index >= 15 is 0 Å². The number of rotatable bonds is 6. The Bertz CT molecular complexity index is 762. The summed E-state index contributed by atoms with van der Waals surface area (Å²) >= 11 is 1.34. The number of benzene rings is 1. The molecule has 0 saturated carbocycles. The lowest BCUT2D eigenvalue weighted by atomic mass is 10.2. The first-order valence-corrected chi connectivity index (χ1v) is 8.84. The van der Waals surface area contributed by atoms with Crippen molar-refractivity contribution in [1.82, 2.24) is 0 Å². The van der Waals surface area contributed by atoms with Crippen LogP contribution in [0, 0.1) is 0 Å². The molecule has 1 aromatic heterocycles. The summed E-state index contributed by atoms with van der Waals surface area (Å²) in [5, 5.41) is 7.45. The van der Waals surface area contributed by atoms with Crippen LogP contribution in [0.3, 0.4) is 0 Å². The summed E-state index contributed by atoms with van der Waals surface area (Å²) in [7, 11) is 0. The number of nitrogens with one attached hydrogen (secondary N) is 2. The fraction of sp³-hybridized carbons (Fsp3) is 0.294. The van der Waals surface area contributed by atoms with Gasteiger partial charge in [0.2, 0.25) is 5.91 Å². The van der Waals surface area contributed by atoms with Crippen LogP contribution < -0.4 is 25.8 Å². The van der Waals surface area contributed by atoms with Gasteiger partial charge in [-0.1, -0.05) is 6.07 Å². The second-order valence-corrected chi connectivity index (χ2v) is 6.36. The summed E-state index contributed by atoms with van der Waals surface area (Å²) in [5.74, 6) is 0.653. The van der Waals surface area contributed by atoms with Crippen LogP contribution in [-0.4, -0.2) is 31.6 Å². The van der Waals surface area contributed by atoms with E-state index in [1.54, 1.807) is 24.3 Å². The third kappa shape index (κ3) is 4.28. The van der Waals surface area contributed by atoms with E-state index in [0.29, 0.717) is 60.4 Å². The Morgan fingerprint density at radius 2 is 1.80 bits per heavy atom. The maximum absolute atomic E-state index is 12.4. The molecule has 2 heterocycles. The molecule has 2 amide bonds. The van der Waals surface area contributed by atoms with Crippen molar-refractivity contribution in [3.8, 4) is 11.5 Å². The first-order chi connectivity index (χ1) is 12.2. The van der Waals surface area contributed by atoms with Crippen molar-refractivity contribution < 1.29 is 19.1 Å². The third-order valence-corrected chi connectivity index (χ3v) is 4.43. The highest BCUT2D eigenvalue weighted by atomic mass is 32.1. The summed E-state index contributed by atoms with van der Waals surface area (Å²) in [6.07, 6.45) is 0.899. The largest absolute Gasteiger partial charge is 0.486 e. The fourth-order valence-electron chi connectivity index (χ4n) is 2.36. The van der Waals surface area contributed by atoms with Crippen molar-refractivity contribution in [2.24, 2.45) is 5.73 Å². The standard InChI is InChI=1S/C17H19N3O4S/c18-5-1-4-16(21)19-11-9-13-14(24-7-6-23-13)10-12(11)20-17(22)15-3-2-8-25-15/h2-3,8-10H,1,4-7,18H2,(H,19,21)(H,20,22). The Kier molecular flexibility index (Phi) is 5.52. The molecule has 0 unspecified atom stereocenters. The highest BCUT2D eigenvalue weighted by Crippen LogP contribution is 2.38. The topological polar surface area (TPSA) is 103 Å². The number of fused-ring (bicyclic) bond motifs is 1. The Morgan fingerprint density at radius 3 is 2.40 bits per heavy atom. The predicted octanol–water partition coefficient (Wildman–Crippen LogP) is 2.45. The minimum absolute atomic E-state index is 0.172. The van der Waals surface area contributed by atoms with Crippen LogP contribution in [0.1, 0.15) is 22.5 Å². The smallest absolute Gasteiger partial charge is 0.265 e. The fourth-order valence-corrected chi connectivity index (χ4v) is 2.98. The van der Waals surface area contributed by atoms with E-state index in [1.165, 1.54) is 11.3 Å². The van der Waals surface area contributed by atoms with Crippen molar-refractivity contribution in [3.05, 3.63) is 34.5 Å². The van der Waals surface area contributed by atoms with Gasteiger partial charge < -0.3 is 25.8 Å². The zero-order chi connectivity index (χ0) is 17.6. The molecule has 2 aromatic rings. The minimum Gasteiger partial charge on any atom is -0.486 e. The molecule has 0 bridgehead atoms. The normalized spacial score (nSPS) is 12.5. The zero-order valence-corrected chi connectivity index (χ0v) is 14.4. The van der Waals surface area contributed by atoms with E-state index < -0.39 is 0 Å². The quantitative estimate of drug-likeness (QED) is 0.733. The van der Waals surface area contributed by atoms with Crippen molar-refractivity contribution in [3.63, 3.8) is 0 Å². The molecule has 0 fully saturated rings. The number of anilines is 2. The van der Waals surface area contributed by atoms with E-state index in [-0.39, 0.29) is 11.8 Å². The van der Waals surface area contributed by atoms with Crippen molar-refractivity contribution >= 4 is 34.5 Å². The first kappa shape index (κ1) is 17.2. The van der Waals surface area contributed by atoms with Gasteiger partial charge in [0.05, 0.1) is 16.3 Å². The van der Waals surface area contributed by atoms with Crippen LogP contribution in [-0.2, 0) is 4.79 Å². The Morgan fingerprint density at radius 1 is 1.12 bits per heavy atom. The molecule has 1 aromatic carbocycles. The van der Waals surface area contributed by atoms with Gasteiger partial charge in [0, 0.05) is 18.6 Å². The van der Waals surface area contributed by atoms with Crippen LogP contribution in [0.15, 0.2) is 29.6 Å². The van der Waals surface area contributed by atoms with E-state index in [9.17, 15) is 9.59 Å². The second kappa shape index (κ2) is 8.00. The molecule has 132 valence electrons. The third-order valence-electron chi connectivity index (χ3n) is 3.56. The molecule has 8 heteroatoms. The molecule has 3 rings (SSSR count). The summed E-state index contributed by atoms with van der Waals surface area (Å²) in [5.41, 5.74) is 6.37. The average Bonchev–Trinajstić information content (AvgIpc) is 3.15. The minimum atomic E-state index is -0.246. The highest BCUT2D eigenvalue weighted by molar-refractivity contribution is 7.12. The van der Waals surface area contributed by atoms with Gasteiger partial charge in [0.25, 0.3) is 5.91 Å². The molecule has 0 atom stereocenters. The molecule has 1 aliphatic heterocycles. The first-order valence-electron chi connectivity index (χ1n) is 7.96. The molecule has 4 N–H and O–H groups in total. The number of thiophene rings is 1. The maximum Gasteiger partial charge on any atom is 0.265 e. The maximum atomic E-state index is 12.4. The van der Waals surface area contributed by atoms with Crippen LogP contribution in [0.25, 0.3) is 0 Å². The lowest BCUT2D eigenvalue weighted by Crippen LogP contribution is -2.19. The lowest BCUT2D eigenvalue weighted by Gasteiger charge is -2.21. The van der Waals surface area contributed by atoms with Gasteiger partial charge in [-0.15, -0.1) is 11.3 Å². The summed E-state index contributed by atoms with van der Waals surface area (Å²) in [4.78, 5) is 25.0. The molecular formula is C17H19N3O4S. The van der Waals surface area contributed by atoms with Crippen molar-refractivity contribution in [2.45, 2.75) is 12.8 Å². The lowest BCUT2D eigenvalue weighted by molar-refractivity contribution is -0.116. The molecule has 0 radical (unpaired) electrons. The number of hydrogen-bond acceptors (Lipinski definition) is 6.